The van der Waals surface area contributed by atoms with Gasteiger partial charge in [-0.25, -0.2) is 17.8 Å². The molecule has 0 fully saturated rings. The summed E-state index contributed by atoms with van der Waals surface area (Å²) in [4.78, 5) is 7.45. The molecule has 2 aromatic carbocycles. The van der Waals surface area contributed by atoms with Gasteiger partial charge in [-0.2, -0.15) is 4.31 Å². The van der Waals surface area contributed by atoms with Gasteiger partial charge in [0.15, 0.2) is 0 Å². The van der Waals surface area contributed by atoms with Gasteiger partial charge in [0.25, 0.3) is 0 Å². The molecule has 0 radical (unpaired) electrons. The first-order chi connectivity index (χ1) is 14.9. The Morgan fingerprint density at radius 1 is 1.10 bits per heavy atom. The molecule has 31 heavy (non-hydrogen) atoms. The highest BCUT2D eigenvalue weighted by molar-refractivity contribution is 7.89. The molecule has 0 saturated carbocycles. The van der Waals surface area contributed by atoms with Gasteiger partial charge in [-0.15, -0.1) is 0 Å². The van der Waals surface area contributed by atoms with Crippen LogP contribution in [0.25, 0.3) is 0 Å². The molecule has 0 amide bonds. The van der Waals surface area contributed by atoms with E-state index in [0.717, 1.165) is 24.2 Å². The minimum atomic E-state index is -3.75. The van der Waals surface area contributed by atoms with Crippen molar-refractivity contribution in [2.45, 2.75) is 44.6 Å². The molecule has 0 aliphatic carbocycles. The van der Waals surface area contributed by atoms with Crippen molar-refractivity contribution < 1.29 is 17.5 Å². The monoisotopic (exact) mass is 445 g/mol. The largest absolute Gasteiger partial charge is 0.494 e. The lowest BCUT2D eigenvalue weighted by Gasteiger charge is -2.22. The van der Waals surface area contributed by atoms with Crippen LogP contribution in [0.3, 0.4) is 0 Å². The van der Waals surface area contributed by atoms with Crippen molar-refractivity contribution in [1.82, 2.24) is 14.3 Å². The summed E-state index contributed by atoms with van der Waals surface area (Å²) in [5, 5.41) is 0. The van der Waals surface area contributed by atoms with Gasteiger partial charge in [0, 0.05) is 12.7 Å². The predicted octanol–water partition coefficient (Wildman–Crippen LogP) is 4.47. The van der Waals surface area contributed by atoms with E-state index in [-0.39, 0.29) is 23.8 Å². The van der Waals surface area contributed by atoms with Gasteiger partial charge in [0.2, 0.25) is 10.0 Å². The second-order valence-electron chi connectivity index (χ2n) is 7.38. The van der Waals surface area contributed by atoms with E-state index in [4.69, 9.17) is 4.74 Å². The number of aromatic amines is 1. The van der Waals surface area contributed by atoms with Crippen molar-refractivity contribution in [2.75, 3.05) is 13.2 Å². The third-order valence-corrected chi connectivity index (χ3v) is 6.75. The normalized spacial score (nSPS) is 11.7. The highest BCUT2D eigenvalue weighted by atomic mass is 32.2. The van der Waals surface area contributed by atoms with Gasteiger partial charge in [0.05, 0.1) is 23.7 Å². The van der Waals surface area contributed by atoms with Gasteiger partial charge in [-0.1, -0.05) is 25.5 Å². The second kappa shape index (κ2) is 10.5. The predicted molar refractivity (Wildman–Crippen MR) is 118 cm³/mol. The zero-order valence-electron chi connectivity index (χ0n) is 17.8. The van der Waals surface area contributed by atoms with Crippen LogP contribution in [0.15, 0.2) is 59.6 Å². The average Bonchev–Trinajstić information content (AvgIpc) is 3.17. The van der Waals surface area contributed by atoms with Crippen LogP contribution in [0.5, 0.6) is 5.75 Å². The highest BCUT2D eigenvalue weighted by Crippen LogP contribution is 2.22. The van der Waals surface area contributed by atoms with Gasteiger partial charge in [0.1, 0.15) is 17.4 Å². The summed E-state index contributed by atoms with van der Waals surface area (Å²) in [6.45, 7) is 4.92. The quantitative estimate of drug-likeness (QED) is 0.442. The Labute approximate surface area is 183 Å². The fourth-order valence-corrected chi connectivity index (χ4v) is 4.54. The smallest absolute Gasteiger partial charge is 0.243 e. The second-order valence-corrected chi connectivity index (χ2v) is 9.32. The number of nitrogens with zero attached hydrogens (tertiary/aromatic N) is 2. The van der Waals surface area contributed by atoms with Crippen LogP contribution in [0.2, 0.25) is 0 Å². The molecule has 1 aromatic heterocycles. The first-order valence-corrected chi connectivity index (χ1v) is 11.8. The maximum Gasteiger partial charge on any atom is 0.243 e. The Balaban J connectivity index is 1.79. The van der Waals surface area contributed by atoms with E-state index in [1.807, 2.05) is 6.92 Å². The summed E-state index contributed by atoms with van der Waals surface area (Å²) < 4.78 is 47.0. The van der Waals surface area contributed by atoms with Crippen molar-refractivity contribution in [3.05, 3.63) is 77.6 Å². The lowest BCUT2D eigenvalue weighted by atomic mass is 10.1. The number of nitrogens with one attached hydrogen (secondary N) is 1. The molecule has 0 atom stereocenters. The molecule has 3 rings (SSSR count). The summed E-state index contributed by atoms with van der Waals surface area (Å²) in [5.74, 6) is 1.05. The number of hydrogen-bond acceptors (Lipinski definition) is 4. The molecule has 1 heterocycles. The first kappa shape index (κ1) is 23.0. The molecule has 1 N–H and O–H groups in total. The lowest BCUT2D eigenvalue weighted by Crippen LogP contribution is -2.32. The standard InChI is InChI=1S/C23H28FN3O3S/c1-3-4-15-30-22-9-11-23(12-10-22)31(28,29)27(17-21-16-25-18(2)26-21)14-13-19-5-7-20(24)8-6-19/h5-12,16H,3-4,13-15,17H2,1-2H3,(H,25,26). The number of ether oxygens (including phenoxy) is 1. The minimum absolute atomic E-state index is 0.166. The van der Waals surface area contributed by atoms with E-state index >= 15 is 0 Å². The Hall–Kier alpha value is -2.71. The Bertz CT molecular complexity index is 1060. The average molecular weight is 446 g/mol. The summed E-state index contributed by atoms with van der Waals surface area (Å²) >= 11 is 0. The third-order valence-electron chi connectivity index (χ3n) is 4.89. The third kappa shape index (κ3) is 6.38. The fraction of sp³-hybridized carbons (Fsp3) is 0.348. The molecule has 0 aliphatic heterocycles. The van der Waals surface area contributed by atoms with Gasteiger partial charge in [-0.05, 0) is 61.7 Å². The summed E-state index contributed by atoms with van der Waals surface area (Å²) in [6.07, 6.45) is 4.08. The van der Waals surface area contributed by atoms with Crippen molar-refractivity contribution in [2.24, 2.45) is 0 Å². The van der Waals surface area contributed by atoms with E-state index in [9.17, 15) is 12.8 Å². The summed E-state index contributed by atoms with van der Waals surface area (Å²) in [6, 6.07) is 12.6. The minimum Gasteiger partial charge on any atom is -0.494 e. The number of aromatic nitrogens is 2. The van der Waals surface area contributed by atoms with Crippen molar-refractivity contribution in [1.29, 1.82) is 0 Å². The zero-order chi connectivity index (χ0) is 22.3. The molecular weight excluding hydrogens is 417 g/mol. The summed E-state index contributed by atoms with van der Waals surface area (Å²) in [5.41, 5.74) is 1.57. The number of aryl methyl sites for hydroxylation is 1. The fourth-order valence-electron chi connectivity index (χ4n) is 3.12. The number of imidazole rings is 1. The molecule has 0 saturated heterocycles. The molecular formula is C23H28FN3O3S. The topological polar surface area (TPSA) is 75.3 Å². The number of benzene rings is 2. The molecule has 3 aromatic rings. The highest BCUT2D eigenvalue weighted by Gasteiger charge is 2.25. The zero-order valence-corrected chi connectivity index (χ0v) is 18.7. The van der Waals surface area contributed by atoms with E-state index in [1.165, 1.54) is 16.4 Å². The maximum absolute atomic E-state index is 13.4. The SMILES string of the molecule is CCCCOc1ccc(S(=O)(=O)N(CCc2ccc(F)cc2)Cc2cnc(C)[nH]2)cc1. The van der Waals surface area contributed by atoms with Crippen LogP contribution < -0.4 is 4.74 Å². The van der Waals surface area contributed by atoms with E-state index in [0.29, 0.717) is 24.5 Å². The number of hydrogen-bond donors (Lipinski definition) is 1. The number of sulfonamides is 1. The first-order valence-electron chi connectivity index (χ1n) is 10.4. The number of unbranched alkanes of at least 4 members (excludes halogenated alkanes) is 1. The van der Waals surface area contributed by atoms with Crippen LogP contribution >= 0.6 is 0 Å². The number of halogens is 1. The van der Waals surface area contributed by atoms with Crippen LogP contribution in [-0.4, -0.2) is 35.8 Å². The maximum atomic E-state index is 13.4. The Kier molecular flexibility index (Phi) is 7.81. The van der Waals surface area contributed by atoms with Crippen LogP contribution in [0.4, 0.5) is 4.39 Å². The van der Waals surface area contributed by atoms with Crippen molar-refractivity contribution in [3.8, 4) is 5.75 Å². The Morgan fingerprint density at radius 2 is 1.81 bits per heavy atom. The van der Waals surface area contributed by atoms with Gasteiger partial charge >= 0.3 is 0 Å². The molecule has 0 unspecified atom stereocenters. The molecule has 166 valence electrons. The Morgan fingerprint density at radius 3 is 2.42 bits per heavy atom. The molecule has 0 spiro atoms. The summed E-state index contributed by atoms with van der Waals surface area (Å²) in [7, 11) is -3.75. The van der Waals surface area contributed by atoms with E-state index in [1.54, 1.807) is 42.6 Å². The van der Waals surface area contributed by atoms with Gasteiger partial charge in [-0.3, -0.25) is 0 Å². The van der Waals surface area contributed by atoms with Crippen LogP contribution in [0.1, 0.15) is 36.8 Å². The van der Waals surface area contributed by atoms with Crippen molar-refractivity contribution in [3.63, 3.8) is 0 Å². The molecule has 6 nitrogen and oxygen atoms in total. The van der Waals surface area contributed by atoms with E-state index in [2.05, 4.69) is 16.9 Å². The number of rotatable bonds is 11. The lowest BCUT2D eigenvalue weighted by molar-refractivity contribution is 0.309. The van der Waals surface area contributed by atoms with Crippen molar-refractivity contribution >= 4 is 10.0 Å². The van der Waals surface area contributed by atoms with Crippen LogP contribution in [0, 0.1) is 12.7 Å². The molecule has 0 aliphatic rings. The van der Waals surface area contributed by atoms with Crippen LogP contribution in [-0.2, 0) is 23.0 Å². The van der Waals surface area contributed by atoms with E-state index < -0.39 is 10.0 Å². The number of H-pyrrole nitrogens is 1. The molecule has 0 bridgehead atoms. The molecule has 8 heteroatoms. The van der Waals surface area contributed by atoms with Gasteiger partial charge < -0.3 is 9.72 Å².